The molecule has 2 aromatic carbocycles. The van der Waals surface area contributed by atoms with Gasteiger partial charge in [0.05, 0.1) is 32.5 Å². The third kappa shape index (κ3) is 4.97. The van der Waals surface area contributed by atoms with Gasteiger partial charge in [-0.05, 0) is 23.8 Å². The van der Waals surface area contributed by atoms with Crippen LogP contribution in [0, 0.1) is 0 Å². The van der Waals surface area contributed by atoms with Crippen LogP contribution < -0.4 is 15.4 Å². The third-order valence-corrected chi connectivity index (χ3v) is 4.15. The fourth-order valence-corrected chi connectivity index (χ4v) is 2.89. The highest BCUT2D eigenvalue weighted by molar-refractivity contribution is 5.89. The van der Waals surface area contributed by atoms with Crippen LogP contribution in [0.3, 0.4) is 0 Å². The number of amides is 2. The van der Waals surface area contributed by atoms with Gasteiger partial charge in [-0.25, -0.2) is 4.79 Å². The first kappa shape index (κ1) is 18.2. The van der Waals surface area contributed by atoms with Crippen molar-refractivity contribution in [3.63, 3.8) is 0 Å². The topological polar surface area (TPSA) is 68.8 Å². The molecule has 0 saturated heterocycles. The van der Waals surface area contributed by atoms with Crippen LogP contribution in [0.1, 0.15) is 23.6 Å². The Balaban J connectivity index is 1.55. The summed E-state index contributed by atoms with van der Waals surface area (Å²) in [6.45, 7) is 2.18. The lowest BCUT2D eigenvalue weighted by molar-refractivity contribution is 0.0617. The van der Waals surface area contributed by atoms with Crippen molar-refractivity contribution in [2.75, 3.05) is 32.2 Å². The maximum Gasteiger partial charge on any atom is 0.319 e. The molecule has 2 amide bonds. The standard InChI is InChI=1S/C20H24N2O4/c1-24-11-12-25-14-15-5-4-6-16(13-15)21-20(23)22-18-9-10-26-19-8-3-2-7-17(18)19/h2-8,13,18H,9-12,14H2,1H3,(H2,21,22,23)/t18-/m1/s1. The SMILES string of the molecule is COCCOCc1cccc(NC(=O)N[C@@H]2CCOc3ccccc32)c1. The lowest BCUT2D eigenvalue weighted by Gasteiger charge is -2.26. The van der Waals surface area contributed by atoms with Crippen LogP contribution in [-0.4, -0.2) is 33.0 Å². The first-order chi connectivity index (χ1) is 12.8. The second-order valence-electron chi connectivity index (χ2n) is 6.07. The number of benzene rings is 2. The number of methoxy groups -OCH3 is 1. The maximum absolute atomic E-state index is 12.4. The van der Waals surface area contributed by atoms with Crippen molar-refractivity contribution in [2.45, 2.75) is 19.1 Å². The van der Waals surface area contributed by atoms with Crippen LogP contribution in [0.15, 0.2) is 48.5 Å². The third-order valence-electron chi connectivity index (χ3n) is 4.15. The Morgan fingerprint density at radius 2 is 2.08 bits per heavy atom. The van der Waals surface area contributed by atoms with Gasteiger partial charge < -0.3 is 24.8 Å². The predicted octanol–water partition coefficient (Wildman–Crippen LogP) is 3.49. The zero-order chi connectivity index (χ0) is 18.2. The molecule has 0 radical (unpaired) electrons. The van der Waals surface area contributed by atoms with Crippen molar-refractivity contribution in [3.8, 4) is 5.75 Å². The molecule has 26 heavy (non-hydrogen) atoms. The Morgan fingerprint density at radius 3 is 2.96 bits per heavy atom. The highest BCUT2D eigenvalue weighted by Crippen LogP contribution is 2.31. The van der Waals surface area contributed by atoms with Crippen LogP contribution in [0.2, 0.25) is 0 Å². The molecule has 0 spiro atoms. The van der Waals surface area contributed by atoms with Crippen LogP contribution in [0.25, 0.3) is 0 Å². The fraction of sp³-hybridized carbons (Fsp3) is 0.350. The van der Waals surface area contributed by atoms with Gasteiger partial charge in [-0.1, -0.05) is 30.3 Å². The number of urea groups is 1. The number of rotatable bonds is 7. The van der Waals surface area contributed by atoms with Gasteiger partial charge in [-0.15, -0.1) is 0 Å². The molecule has 0 saturated carbocycles. The van der Waals surface area contributed by atoms with E-state index in [1.165, 1.54) is 0 Å². The van der Waals surface area contributed by atoms with Crippen molar-refractivity contribution >= 4 is 11.7 Å². The fourth-order valence-electron chi connectivity index (χ4n) is 2.89. The highest BCUT2D eigenvalue weighted by Gasteiger charge is 2.22. The molecule has 1 aliphatic heterocycles. The Bertz CT molecular complexity index is 735. The molecule has 0 bridgehead atoms. The summed E-state index contributed by atoms with van der Waals surface area (Å²) in [6, 6.07) is 15.1. The summed E-state index contributed by atoms with van der Waals surface area (Å²) in [4.78, 5) is 12.4. The van der Waals surface area contributed by atoms with Gasteiger partial charge in [0.15, 0.2) is 0 Å². The summed E-state index contributed by atoms with van der Waals surface area (Å²) in [7, 11) is 1.64. The summed E-state index contributed by atoms with van der Waals surface area (Å²) < 4.78 is 16.1. The van der Waals surface area contributed by atoms with E-state index in [4.69, 9.17) is 14.2 Å². The Morgan fingerprint density at radius 1 is 1.19 bits per heavy atom. The summed E-state index contributed by atoms with van der Waals surface area (Å²) in [5.41, 5.74) is 2.74. The second kappa shape index (κ2) is 9.22. The highest BCUT2D eigenvalue weighted by atomic mass is 16.5. The van der Waals surface area contributed by atoms with Gasteiger partial charge in [0.25, 0.3) is 0 Å². The monoisotopic (exact) mass is 356 g/mol. The van der Waals surface area contributed by atoms with E-state index in [-0.39, 0.29) is 12.1 Å². The number of carbonyl (C=O) groups is 1. The van der Waals surface area contributed by atoms with E-state index in [0.717, 1.165) is 29.0 Å². The molecule has 0 unspecified atom stereocenters. The lowest BCUT2D eigenvalue weighted by atomic mass is 10.0. The second-order valence-corrected chi connectivity index (χ2v) is 6.07. The minimum absolute atomic E-state index is 0.0551. The molecule has 1 heterocycles. The summed E-state index contributed by atoms with van der Waals surface area (Å²) in [6.07, 6.45) is 0.748. The van der Waals surface area contributed by atoms with E-state index in [0.29, 0.717) is 26.4 Å². The molecular formula is C20H24N2O4. The Hall–Kier alpha value is -2.57. The molecule has 0 fully saturated rings. The summed E-state index contributed by atoms with van der Waals surface area (Å²) in [5.74, 6) is 0.833. The molecule has 3 rings (SSSR count). The number of anilines is 1. The van der Waals surface area contributed by atoms with Gasteiger partial charge in [0.1, 0.15) is 5.75 Å². The minimum atomic E-state index is -0.232. The molecule has 0 aliphatic carbocycles. The van der Waals surface area contributed by atoms with Crippen LogP contribution in [0.4, 0.5) is 10.5 Å². The van der Waals surface area contributed by atoms with Gasteiger partial charge in [0, 0.05) is 24.8 Å². The van der Waals surface area contributed by atoms with Crippen molar-refractivity contribution in [1.29, 1.82) is 0 Å². The predicted molar refractivity (Wildman–Crippen MR) is 99.4 cm³/mol. The van der Waals surface area contributed by atoms with Crippen LogP contribution >= 0.6 is 0 Å². The van der Waals surface area contributed by atoms with Gasteiger partial charge in [-0.3, -0.25) is 0 Å². The molecular weight excluding hydrogens is 332 g/mol. The number of fused-ring (bicyclic) bond motifs is 1. The smallest absolute Gasteiger partial charge is 0.319 e. The minimum Gasteiger partial charge on any atom is -0.493 e. The number of hydrogen-bond donors (Lipinski definition) is 2. The van der Waals surface area contributed by atoms with Crippen molar-refractivity contribution < 1.29 is 19.0 Å². The maximum atomic E-state index is 12.4. The van der Waals surface area contributed by atoms with Crippen LogP contribution in [-0.2, 0) is 16.1 Å². The number of carbonyl (C=O) groups excluding carboxylic acids is 1. The molecule has 6 heteroatoms. The van der Waals surface area contributed by atoms with E-state index in [1.807, 2.05) is 48.5 Å². The van der Waals surface area contributed by atoms with E-state index < -0.39 is 0 Å². The zero-order valence-electron chi connectivity index (χ0n) is 14.9. The number of ether oxygens (including phenoxy) is 3. The average molecular weight is 356 g/mol. The van der Waals surface area contributed by atoms with Crippen molar-refractivity contribution in [2.24, 2.45) is 0 Å². The molecule has 2 N–H and O–H groups in total. The molecule has 2 aromatic rings. The number of nitrogens with one attached hydrogen (secondary N) is 2. The van der Waals surface area contributed by atoms with Gasteiger partial charge >= 0.3 is 6.03 Å². The van der Waals surface area contributed by atoms with E-state index >= 15 is 0 Å². The van der Waals surface area contributed by atoms with Crippen LogP contribution in [0.5, 0.6) is 5.75 Å². The van der Waals surface area contributed by atoms with Crippen molar-refractivity contribution in [3.05, 3.63) is 59.7 Å². The first-order valence-corrected chi connectivity index (χ1v) is 8.71. The lowest BCUT2D eigenvalue weighted by Crippen LogP contribution is -2.35. The number of para-hydroxylation sites is 1. The van der Waals surface area contributed by atoms with E-state index in [2.05, 4.69) is 10.6 Å². The molecule has 6 nitrogen and oxygen atoms in total. The Kier molecular flexibility index (Phi) is 6.46. The quantitative estimate of drug-likeness (QED) is 0.745. The molecule has 138 valence electrons. The largest absolute Gasteiger partial charge is 0.493 e. The number of hydrogen-bond acceptors (Lipinski definition) is 4. The normalized spacial score (nSPS) is 15.7. The summed E-state index contributed by atoms with van der Waals surface area (Å²) >= 11 is 0. The van der Waals surface area contributed by atoms with Gasteiger partial charge in [0.2, 0.25) is 0 Å². The molecule has 1 atom stereocenters. The van der Waals surface area contributed by atoms with E-state index in [1.54, 1.807) is 7.11 Å². The molecule has 1 aliphatic rings. The Labute approximate surface area is 153 Å². The zero-order valence-corrected chi connectivity index (χ0v) is 14.9. The summed E-state index contributed by atoms with van der Waals surface area (Å²) in [5, 5.41) is 5.92. The average Bonchev–Trinajstić information content (AvgIpc) is 2.66. The van der Waals surface area contributed by atoms with Gasteiger partial charge in [-0.2, -0.15) is 0 Å². The van der Waals surface area contributed by atoms with Crippen molar-refractivity contribution in [1.82, 2.24) is 5.32 Å². The first-order valence-electron chi connectivity index (χ1n) is 8.71. The molecule has 0 aromatic heterocycles. The van der Waals surface area contributed by atoms with E-state index in [9.17, 15) is 4.79 Å².